The first-order valence-corrected chi connectivity index (χ1v) is 9.72. The van der Waals surface area contributed by atoms with Crippen LogP contribution in [-0.4, -0.2) is 38.0 Å². The number of amides is 2. The van der Waals surface area contributed by atoms with Gasteiger partial charge >= 0.3 is 0 Å². The Kier molecular flexibility index (Phi) is 4.68. The molecule has 1 aliphatic heterocycles. The van der Waals surface area contributed by atoms with Gasteiger partial charge in [-0.25, -0.2) is 14.4 Å². The number of aromatic nitrogens is 3. The lowest BCUT2D eigenvalue weighted by atomic mass is 10.0. The largest absolute Gasteiger partial charge is 0.368 e. The molecule has 3 aromatic rings. The number of rotatable bonds is 3. The highest BCUT2D eigenvalue weighted by molar-refractivity contribution is 9.10. The number of nitrogens with zero attached hydrogens (tertiary/aromatic N) is 3. The maximum atomic E-state index is 14.9. The van der Waals surface area contributed by atoms with Crippen LogP contribution in [0.1, 0.15) is 16.7 Å². The van der Waals surface area contributed by atoms with Gasteiger partial charge in [0.1, 0.15) is 0 Å². The molecule has 0 atom stereocenters. The number of nitrogens with one attached hydrogen (secondary N) is 1. The molecule has 3 heterocycles. The summed E-state index contributed by atoms with van der Waals surface area (Å²) in [4.78, 5) is 36.0. The molecule has 1 fully saturated rings. The third-order valence-corrected chi connectivity index (χ3v) is 6.13. The summed E-state index contributed by atoms with van der Waals surface area (Å²) in [6.07, 6.45) is 6.96. The first kappa shape index (κ1) is 18.6. The molecular formula is C18H13BrFN5O2S. The average molecular weight is 462 g/mol. The molecule has 0 spiro atoms. The lowest BCUT2D eigenvalue weighted by Crippen LogP contribution is -2.22. The Morgan fingerprint density at radius 2 is 2.07 bits per heavy atom. The van der Waals surface area contributed by atoms with Crippen molar-refractivity contribution in [1.82, 2.24) is 19.9 Å². The van der Waals surface area contributed by atoms with Crippen molar-refractivity contribution in [2.75, 3.05) is 12.8 Å². The minimum absolute atomic E-state index is 0.185. The molecule has 0 radical (unpaired) electrons. The highest BCUT2D eigenvalue weighted by Crippen LogP contribution is 2.36. The summed E-state index contributed by atoms with van der Waals surface area (Å²) in [5, 5.41) is 0.305. The number of carbonyl (C=O) groups excluding carboxylic acids is 2. The predicted molar refractivity (Wildman–Crippen MR) is 109 cm³/mol. The van der Waals surface area contributed by atoms with Crippen LogP contribution >= 0.6 is 27.7 Å². The van der Waals surface area contributed by atoms with Crippen LogP contribution in [0.25, 0.3) is 17.0 Å². The number of H-pyrrole nitrogens is 1. The van der Waals surface area contributed by atoms with E-state index in [9.17, 15) is 14.0 Å². The van der Waals surface area contributed by atoms with Gasteiger partial charge in [0.05, 0.1) is 14.9 Å². The van der Waals surface area contributed by atoms with E-state index in [1.807, 2.05) is 0 Å². The Bertz CT molecular complexity index is 1160. The van der Waals surface area contributed by atoms with Crippen molar-refractivity contribution < 1.29 is 14.0 Å². The first-order valence-electron chi connectivity index (χ1n) is 8.11. The van der Waals surface area contributed by atoms with E-state index in [0.29, 0.717) is 22.9 Å². The quantitative estimate of drug-likeness (QED) is 0.576. The number of carbonyl (C=O) groups is 2. The topological polar surface area (TPSA) is 105 Å². The Hall–Kier alpha value is -2.72. The standard InChI is InChI=1S/C18H13BrFN5O2S/c1-25-16(26)12(28-18(25)27)4-9-3-11-10(2-8-5-23-17(21)24-6-8)7-22-15(11)14(20)13(9)19/h3-7,22H,2H2,1H3,(H2,21,23,24)/b12-4-. The maximum Gasteiger partial charge on any atom is 0.293 e. The van der Waals surface area contributed by atoms with Gasteiger partial charge in [0, 0.05) is 37.4 Å². The van der Waals surface area contributed by atoms with Crippen molar-refractivity contribution in [2.45, 2.75) is 6.42 Å². The summed E-state index contributed by atoms with van der Waals surface area (Å²) in [5.74, 6) is -0.695. The second kappa shape index (κ2) is 7.02. The fourth-order valence-corrected chi connectivity index (χ4v) is 4.14. The van der Waals surface area contributed by atoms with E-state index in [4.69, 9.17) is 5.73 Å². The molecule has 0 aliphatic carbocycles. The van der Waals surface area contributed by atoms with Crippen molar-refractivity contribution in [3.8, 4) is 0 Å². The van der Waals surface area contributed by atoms with Gasteiger partial charge in [-0.3, -0.25) is 14.5 Å². The first-order chi connectivity index (χ1) is 13.3. The van der Waals surface area contributed by atoms with Crippen LogP contribution in [0.2, 0.25) is 0 Å². The van der Waals surface area contributed by atoms with Crippen LogP contribution in [-0.2, 0) is 11.2 Å². The third kappa shape index (κ3) is 3.18. The van der Waals surface area contributed by atoms with E-state index < -0.39 is 11.7 Å². The van der Waals surface area contributed by atoms with Crippen molar-refractivity contribution >= 4 is 61.8 Å². The highest BCUT2D eigenvalue weighted by atomic mass is 79.9. The number of benzene rings is 1. The average Bonchev–Trinajstić information content (AvgIpc) is 3.18. The molecular weight excluding hydrogens is 449 g/mol. The number of aromatic amines is 1. The third-order valence-electron chi connectivity index (χ3n) is 4.36. The van der Waals surface area contributed by atoms with Gasteiger partial charge in [-0.2, -0.15) is 0 Å². The molecule has 1 aromatic carbocycles. The number of thioether (sulfide) groups is 1. The van der Waals surface area contributed by atoms with Crippen molar-refractivity contribution in [1.29, 1.82) is 0 Å². The normalized spacial score (nSPS) is 16.0. The molecule has 4 rings (SSSR count). The molecule has 7 nitrogen and oxygen atoms in total. The van der Waals surface area contributed by atoms with Gasteiger partial charge in [0.25, 0.3) is 11.1 Å². The van der Waals surface area contributed by atoms with E-state index in [1.165, 1.54) is 13.1 Å². The monoisotopic (exact) mass is 461 g/mol. The number of nitrogens with two attached hydrogens (primary N) is 1. The van der Waals surface area contributed by atoms with Crippen molar-refractivity contribution in [2.24, 2.45) is 0 Å². The molecule has 0 saturated carbocycles. The van der Waals surface area contributed by atoms with Crippen LogP contribution in [0.15, 0.2) is 34.0 Å². The smallest absolute Gasteiger partial charge is 0.293 e. The van der Waals surface area contributed by atoms with Crippen LogP contribution in [0, 0.1) is 5.82 Å². The van der Waals surface area contributed by atoms with Gasteiger partial charge in [-0.05, 0) is 56.5 Å². The lowest BCUT2D eigenvalue weighted by Gasteiger charge is -2.06. The SMILES string of the molecule is CN1C(=O)S/C(=C\c2cc3c(Cc4cnc(N)nc4)c[nH]c3c(F)c2Br)C1=O. The molecule has 0 bridgehead atoms. The second-order valence-corrected chi connectivity index (χ2v) is 7.98. The minimum Gasteiger partial charge on any atom is -0.368 e. The summed E-state index contributed by atoms with van der Waals surface area (Å²) in [6.45, 7) is 0. The number of nitrogen functional groups attached to an aromatic ring is 1. The Morgan fingerprint density at radius 1 is 1.36 bits per heavy atom. The van der Waals surface area contributed by atoms with E-state index in [1.54, 1.807) is 24.7 Å². The second-order valence-electron chi connectivity index (χ2n) is 6.20. The summed E-state index contributed by atoms with van der Waals surface area (Å²) in [5.41, 5.74) is 7.99. The Balaban J connectivity index is 1.78. The molecule has 142 valence electrons. The zero-order valence-electron chi connectivity index (χ0n) is 14.5. The van der Waals surface area contributed by atoms with Gasteiger partial charge in [-0.15, -0.1) is 0 Å². The highest BCUT2D eigenvalue weighted by Gasteiger charge is 2.32. The van der Waals surface area contributed by atoms with Crippen LogP contribution in [0.3, 0.4) is 0 Å². The zero-order valence-corrected chi connectivity index (χ0v) is 16.9. The van der Waals surface area contributed by atoms with Gasteiger partial charge in [-0.1, -0.05) is 0 Å². The van der Waals surface area contributed by atoms with Gasteiger partial charge in [0.2, 0.25) is 5.95 Å². The summed E-state index contributed by atoms with van der Waals surface area (Å²) < 4.78 is 15.1. The van der Waals surface area contributed by atoms with Crippen LogP contribution in [0.5, 0.6) is 0 Å². The van der Waals surface area contributed by atoms with Crippen LogP contribution in [0.4, 0.5) is 15.1 Å². The lowest BCUT2D eigenvalue weighted by molar-refractivity contribution is -0.121. The molecule has 1 saturated heterocycles. The Labute approximate surface area is 171 Å². The minimum atomic E-state index is -0.473. The molecule has 2 amide bonds. The summed E-state index contributed by atoms with van der Waals surface area (Å²) >= 11 is 4.08. The molecule has 10 heteroatoms. The van der Waals surface area contributed by atoms with Gasteiger partial charge < -0.3 is 10.7 Å². The van der Waals surface area contributed by atoms with E-state index in [2.05, 4.69) is 30.9 Å². The number of halogens is 2. The summed E-state index contributed by atoms with van der Waals surface area (Å²) in [7, 11) is 1.41. The Morgan fingerprint density at radius 3 is 2.71 bits per heavy atom. The van der Waals surface area contributed by atoms with E-state index in [0.717, 1.165) is 27.8 Å². The van der Waals surface area contributed by atoms with E-state index in [-0.39, 0.29) is 20.6 Å². The van der Waals surface area contributed by atoms with Crippen molar-refractivity contribution in [3.63, 3.8) is 0 Å². The number of likely N-dealkylation sites (N-methyl/N-ethyl adjacent to an activating group) is 1. The fraction of sp³-hybridized carbons (Fsp3) is 0.111. The molecule has 0 unspecified atom stereocenters. The maximum absolute atomic E-state index is 14.9. The molecule has 1 aliphatic rings. The van der Waals surface area contributed by atoms with Crippen LogP contribution < -0.4 is 5.73 Å². The van der Waals surface area contributed by atoms with Crippen molar-refractivity contribution in [3.05, 3.63) is 56.5 Å². The molecule has 2 aromatic heterocycles. The number of imide groups is 1. The number of hydrogen-bond donors (Lipinski definition) is 2. The van der Waals surface area contributed by atoms with E-state index >= 15 is 0 Å². The number of anilines is 1. The zero-order chi connectivity index (χ0) is 20.0. The molecule has 3 N–H and O–H groups in total. The van der Waals surface area contributed by atoms with Gasteiger partial charge in [0.15, 0.2) is 5.82 Å². The number of fused-ring (bicyclic) bond motifs is 1. The summed E-state index contributed by atoms with van der Waals surface area (Å²) in [6, 6.07) is 1.77. The fourth-order valence-electron chi connectivity index (χ4n) is 2.89. The number of hydrogen-bond acceptors (Lipinski definition) is 6. The molecule has 28 heavy (non-hydrogen) atoms. The predicted octanol–water partition coefficient (Wildman–Crippen LogP) is 3.70.